The van der Waals surface area contributed by atoms with E-state index in [1.54, 1.807) is 13.3 Å². The van der Waals surface area contributed by atoms with Crippen molar-refractivity contribution >= 4 is 10.9 Å². The normalized spacial score (nSPS) is 18.7. The topological polar surface area (TPSA) is 58.1 Å². The third-order valence-electron chi connectivity index (χ3n) is 9.17. The highest BCUT2D eigenvalue weighted by atomic mass is 19.2. The Morgan fingerprint density at radius 1 is 1.02 bits per heavy atom. The van der Waals surface area contributed by atoms with E-state index in [4.69, 9.17) is 9.47 Å². The number of fused-ring (bicyclic) bond motifs is 1. The van der Waals surface area contributed by atoms with Crippen LogP contribution in [0.5, 0.6) is 5.75 Å². The van der Waals surface area contributed by atoms with E-state index >= 15 is 4.39 Å². The number of halogens is 4. The van der Waals surface area contributed by atoms with Gasteiger partial charge >= 0.3 is 0 Å². The molecule has 2 fully saturated rings. The summed E-state index contributed by atoms with van der Waals surface area (Å²) in [5, 5.41) is 11.2. The number of methoxy groups -OCH3 is 1. The van der Waals surface area contributed by atoms with Gasteiger partial charge in [-0.05, 0) is 105 Å². The van der Waals surface area contributed by atoms with Crippen LogP contribution in [0.1, 0.15) is 55.0 Å². The number of hydrogen-bond acceptors (Lipinski definition) is 6. The van der Waals surface area contributed by atoms with Crippen LogP contribution < -0.4 is 4.74 Å². The van der Waals surface area contributed by atoms with Gasteiger partial charge in [-0.15, -0.1) is 0 Å². The Bertz CT molecular complexity index is 1350. The minimum absolute atomic E-state index is 0.00670. The monoisotopic (exact) mass is 603 g/mol. The van der Waals surface area contributed by atoms with Gasteiger partial charge in [0.05, 0.1) is 25.8 Å². The number of rotatable bonds is 12. The molecule has 0 unspecified atom stereocenters. The van der Waals surface area contributed by atoms with Crippen LogP contribution in [0.4, 0.5) is 17.6 Å². The first-order chi connectivity index (χ1) is 20.8. The summed E-state index contributed by atoms with van der Waals surface area (Å²) < 4.78 is 67.6. The minimum Gasteiger partial charge on any atom is -0.497 e. The number of benzene rings is 2. The highest BCUT2D eigenvalue weighted by Gasteiger charge is 2.35. The number of aromatic nitrogens is 1. The highest BCUT2D eigenvalue weighted by molar-refractivity contribution is 5.85. The zero-order valence-corrected chi connectivity index (χ0v) is 24.8. The molecule has 2 aliphatic rings. The first kappa shape index (κ1) is 31.6. The van der Waals surface area contributed by atoms with Crippen molar-refractivity contribution in [3.05, 3.63) is 70.7 Å². The average molecular weight is 604 g/mol. The van der Waals surface area contributed by atoms with Gasteiger partial charge in [-0.25, -0.2) is 17.6 Å². The Kier molecular flexibility index (Phi) is 10.5. The molecule has 1 N–H and O–H groups in total. The Balaban J connectivity index is 1.22. The van der Waals surface area contributed by atoms with Crippen LogP contribution in [0.15, 0.2) is 36.5 Å². The Labute approximate surface area is 250 Å². The first-order valence-corrected chi connectivity index (χ1v) is 15.2. The lowest BCUT2D eigenvalue weighted by molar-refractivity contribution is 0.0293. The second-order valence-electron chi connectivity index (χ2n) is 12.0. The smallest absolute Gasteiger partial charge is 0.194 e. The molecule has 43 heavy (non-hydrogen) atoms. The number of aliphatic hydroxyl groups is 1. The lowest BCUT2D eigenvalue weighted by Gasteiger charge is -2.41. The molecule has 234 valence electrons. The number of aliphatic hydroxyl groups excluding tert-OH is 1. The Hall–Kier alpha value is -2.79. The van der Waals surface area contributed by atoms with Gasteiger partial charge in [0.25, 0.3) is 0 Å². The van der Waals surface area contributed by atoms with E-state index in [0.29, 0.717) is 55.9 Å². The summed E-state index contributed by atoms with van der Waals surface area (Å²) in [7, 11) is 1.60. The molecule has 1 atom stereocenters. The number of hydrogen-bond donors (Lipinski definition) is 1. The van der Waals surface area contributed by atoms with Gasteiger partial charge in [0.2, 0.25) is 0 Å². The molecular weight excluding hydrogens is 562 g/mol. The SMILES string of the molecule is COc1ccc2ncc(CN3CCOCC3)c([C@H](F)CCC3(CO)CCN(CCCc4cc(F)c(F)c(F)c4)CC3)c2c1. The van der Waals surface area contributed by atoms with E-state index in [1.807, 2.05) is 18.2 Å². The minimum atomic E-state index is -1.44. The van der Waals surface area contributed by atoms with Crippen LogP contribution in [0, 0.1) is 22.9 Å². The molecule has 3 heterocycles. The molecule has 10 heteroatoms. The summed E-state index contributed by atoms with van der Waals surface area (Å²) in [5.41, 5.74) is 2.30. The third-order valence-corrected chi connectivity index (χ3v) is 9.17. The van der Waals surface area contributed by atoms with E-state index < -0.39 is 23.6 Å². The fraction of sp³-hybridized carbons (Fsp3) is 0.545. The fourth-order valence-electron chi connectivity index (χ4n) is 6.43. The van der Waals surface area contributed by atoms with E-state index in [2.05, 4.69) is 14.8 Å². The van der Waals surface area contributed by atoms with Crippen LogP contribution in [0.25, 0.3) is 10.9 Å². The first-order valence-electron chi connectivity index (χ1n) is 15.2. The van der Waals surface area contributed by atoms with Crippen LogP contribution >= 0.6 is 0 Å². The predicted molar refractivity (Wildman–Crippen MR) is 157 cm³/mol. The zero-order chi connectivity index (χ0) is 30.4. The summed E-state index contributed by atoms with van der Waals surface area (Å²) in [4.78, 5) is 9.15. The standard InChI is InChI=1S/C33H41F4N3O3/c1-42-25-4-5-30-26(19-25)31(24(20-38-30)21-40-13-15-43-16-14-40)27(34)6-7-33(22-41)8-11-39(12-9-33)10-2-3-23-17-28(35)32(37)29(36)18-23/h4-5,17-20,27,41H,2-3,6-16,21-22H2,1H3/t27-/m1/s1. The quantitative estimate of drug-likeness (QED) is 0.203. The van der Waals surface area contributed by atoms with Crippen molar-refractivity contribution in [3.8, 4) is 5.75 Å². The van der Waals surface area contributed by atoms with Crippen molar-refractivity contribution < 1.29 is 32.1 Å². The highest BCUT2D eigenvalue weighted by Crippen LogP contribution is 2.41. The van der Waals surface area contributed by atoms with Crippen molar-refractivity contribution in [1.29, 1.82) is 0 Å². The molecule has 3 aromatic rings. The van der Waals surface area contributed by atoms with Gasteiger partial charge in [0.15, 0.2) is 17.5 Å². The molecule has 2 aliphatic heterocycles. The zero-order valence-electron chi connectivity index (χ0n) is 24.8. The van der Waals surface area contributed by atoms with Crippen molar-refractivity contribution in [2.45, 2.75) is 51.2 Å². The summed E-state index contributed by atoms with van der Waals surface area (Å²) >= 11 is 0. The number of likely N-dealkylation sites (tertiary alicyclic amines) is 1. The lowest BCUT2D eigenvalue weighted by Crippen LogP contribution is -2.42. The van der Waals surface area contributed by atoms with Gasteiger partial charge in [-0.3, -0.25) is 9.88 Å². The summed E-state index contributed by atoms with van der Waals surface area (Å²) in [6, 6.07) is 7.65. The number of pyridine rings is 1. The van der Waals surface area contributed by atoms with E-state index in [1.165, 1.54) is 0 Å². The molecule has 0 bridgehead atoms. The number of nitrogens with zero attached hydrogens (tertiary/aromatic N) is 3. The van der Waals surface area contributed by atoms with Gasteiger partial charge in [-0.2, -0.15) is 0 Å². The molecular formula is C33H41F4N3O3. The maximum Gasteiger partial charge on any atom is 0.194 e. The average Bonchev–Trinajstić information content (AvgIpc) is 3.03. The summed E-state index contributed by atoms with van der Waals surface area (Å²) in [6.07, 6.45) is 3.99. The van der Waals surface area contributed by atoms with Gasteiger partial charge in [-0.1, -0.05) is 0 Å². The van der Waals surface area contributed by atoms with E-state index in [0.717, 1.165) is 74.2 Å². The van der Waals surface area contributed by atoms with Crippen LogP contribution in [0.2, 0.25) is 0 Å². The molecule has 0 amide bonds. The molecule has 6 nitrogen and oxygen atoms in total. The van der Waals surface area contributed by atoms with Crippen molar-refractivity contribution in [3.63, 3.8) is 0 Å². The molecule has 0 spiro atoms. The molecule has 2 aromatic carbocycles. The summed E-state index contributed by atoms with van der Waals surface area (Å²) in [6.45, 7) is 5.70. The Morgan fingerprint density at radius 2 is 1.74 bits per heavy atom. The molecule has 0 saturated carbocycles. The third kappa shape index (κ3) is 7.66. The van der Waals surface area contributed by atoms with E-state index in [9.17, 15) is 18.3 Å². The second-order valence-corrected chi connectivity index (χ2v) is 12.0. The van der Waals surface area contributed by atoms with Crippen molar-refractivity contribution in [1.82, 2.24) is 14.8 Å². The summed E-state index contributed by atoms with van der Waals surface area (Å²) in [5.74, 6) is -3.13. The molecule has 0 radical (unpaired) electrons. The maximum absolute atomic E-state index is 16.4. The van der Waals surface area contributed by atoms with Crippen LogP contribution in [-0.4, -0.2) is 79.5 Å². The number of alkyl halides is 1. The molecule has 0 aliphatic carbocycles. The second kappa shape index (κ2) is 14.3. The van der Waals surface area contributed by atoms with Crippen LogP contribution in [-0.2, 0) is 17.7 Å². The Morgan fingerprint density at radius 3 is 2.42 bits per heavy atom. The number of morpholine rings is 1. The number of piperidine rings is 1. The van der Waals surface area contributed by atoms with Crippen LogP contribution in [0.3, 0.4) is 0 Å². The lowest BCUT2D eigenvalue weighted by atomic mass is 9.74. The predicted octanol–water partition coefficient (Wildman–Crippen LogP) is 5.99. The largest absolute Gasteiger partial charge is 0.497 e. The van der Waals surface area contributed by atoms with Crippen molar-refractivity contribution in [2.24, 2.45) is 5.41 Å². The van der Waals surface area contributed by atoms with Gasteiger partial charge < -0.3 is 19.5 Å². The number of ether oxygens (including phenoxy) is 2. The molecule has 2 saturated heterocycles. The van der Waals surface area contributed by atoms with Crippen molar-refractivity contribution in [2.75, 3.05) is 59.7 Å². The van der Waals surface area contributed by atoms with Gasteiger partial charge in [0, 0.05) is 43.4 Å². The molecule has 1 aromatic heterocycles. The van der Waals surface area contributed by atoms with Gasteiger partial charge in [0.1, 0.15) is 11.9 Å². The number of aryl methyl sites for hydroxylation is 1. The van der Waals surface area contributed by atoms with E-state index in [-0.39, 0.29) is 18.4 Å². The fourth-order valence-corrected chi connectivity index (χ4v) is 6.43. The maximum atomic E-state index is 16.4. The molecule has 5 rings (SSSR count).